The summed E-state index contributed by atoms with van der Waals surface area (Å²) in [6.45, 7) is 5.02. The van der Waals surface area contributed by atoms with Gasteiger partial charge in [0, 0.05) is 37.4 Å². The number of benzene rings is 1. The lowest BCUT2D eigenvalue weighted by atomic mass is 9.90. The number of carbonyl (C=O) groups excluding carboxylic acids is 3. The Morgan fingerprint density at radius 2 is 2.07 bits per heavy atom. The van der Waals surface area contributed by atoms with Gasteiger partial charge in [-0.3, -0.25) is 9.59 Å². The molecule has 7 heteroatoms. The Bertz CT molecular complexity index is 674. The van der Waals surface area contributed by atoms with Crippen LogP contribution < -0.4 is 16.0 Å². The Morgan fingerprint density at radius 3 is 2.67 bits per heavy atom. The first-order chi connectivity index (χ1) is 12.9. The van der Waals surface area contributed by atoms with E-state index in [1.165, 1.54) is 13.8 Å². The summed E-state index contributed by atoms with van der Waals surface area (Å²) in [5, 5.41) is 9.80. The summed E-state index contributed by atoms with van der Waals surface area (Å²) in [7, 11) is 0. The third-order valence-corrected chi connectivity index (χ3v) is 5.08. The highest BCUT2D eigenvalue weighted by molar-refractivity contribution is 6.30. The maximum absolute atomic E-state index is 13.0. The molecule has 0 spiro atoms. The summed E-state index contributed by atoms with van der Waals surface area (Å²) in [6.07, 6.45) is 1.55. The van der Waals surface area contributed by atoms with Crippen molar-refractivity contribution in [3.63, 3.8) is 0 Å². The number of rotatable bonds is 9. The number of Topliss-reactive ketones (excluding diaryl/α,β-unsaturated/α-hetero) is 1. The van der Waals surface area contributed by atoms with Crippen molar-refractivity contribution >= 4 is 29.2 Å². The molecular formula is C20H28ClN3O3. The van der Waals surface area contributed by atoms with Crippen LogP contribution in [0.3, 0.4) is 0 Å². The Labute approximate surface area is 165 Å². The van der Waals surface area contributed by atoms with Gasteiger partial charge < -0.3 is 20.7 Å². The van der Waals surface area contributed by atoms with Gasteiger partial charge in [0.2, 0.25) is 11.8 Å². The Kier molecular flexibility index (Phi) is 8.25. The van der Waals surface area contributed by atoms with Crippen LogP contribution in [0.4, 0.5) is 0 Å². The second kappa shape index (κ2) is 10.4. The lowest BCUT2D eigenvalue weighted by molar-refractivity contribution is -0.130. The summed E-state index contributed by atoms with van der Waals surface area (Å²) in [5.41, 5.74) is 0.966. The van der Waals surface area contributed by atoms with Crippen molar-refractivity contribution in [2.75, 3.05) is 19.6 Å². The van der Waals surface area contributed by atoms with Crippen LogP contribution in [-0.2, 0) is 14.4 Å². The van der Waals surface area contributed by atoms with Gasteiger partial charge in [-0.1, -0.05) is 23.7 Å². The molecule has 0 aliphatic carbocycles. The zero-order chi connectivity index (χ0) is 19.8. The van der Waals surface area contributed by atoms with Crippen molar-refractivity contribution in [1.82, 2.24) is 16.0 Å². The minimum Gasteiger partial charge on any atom is -0.356 e. The molecular weight excluding hydrogens is 366 g/mol. The van der Waals surface area contributed by atoms with Crippen molar-refractivity contribution < 1.29 is 14.4 Å². The minimum atomic E-state index is -0.467. The Balaban J connectivity index is 2.13. The predicted octanol–water partition coefficient (Wildman–Crippen LogP) is 2.23. The molecule has 2 rings (SSSR count). The molecule has 1 heterocycles. The third kappa shape index (κ3) is 6.96. The van der Waals surface area contributed by atoms with Gasteiger partial charge in [0.15, 0.2) is 0 Å². The van der Waals surface area contributed by atoms with E-state index in [2.05, 4.69) is 16.0 Å². The average molecular weight is 394 g/mol. The molecule has 0 aromatic heterocycles. The van der Waals surface area contributed by atoms with Crippen LogP contribution in [0, 0.1) is 11.8 Å². The molecule has 1 aliphatic heterocycles. The molecule has 1 fully saturated rings. The molecule has 1 aromatic carbocycles. The van der Waals surface area contributed by atoms with E-state index in [1.54, 1.807) is 0 Å². The van der Waals surface area contributed by atoms with E-state index >= 15 is 0 Å². The van der Waals surface area contributed by atoms with Crippen LogP contribution in [0.25, 0.3) is 0 Å². The fourth-order valence-electron chi connectivity index (χ4n) is 3.50. The quantitative estimate of drug-likeness (QED) is 0.600. The molecule has 1 aliphatic rings. The maximum atomic E-state index is 13.0. The van der Waals surface area contributed by atoms with Crippen LogP contribution in [-0.4, -0.2) is 37.2 Å². The molecule has 0 bridgehead atoms. The minimum absolute atomic E-state index is 0.0418. The zero-order valence-corrected chi connectivity index (χ0v) is 16.6. The van der Waals surface area contributed by atoms with E-state index in [9.17, 15) is 14.4 Å². The highest BCUT2D eigenvalue weighted by Crippen LogP contribution is 2.29. The van der Waals surface area contributed by atoms with Crippen molar-refractivity contribution in [3.05, 3.63) is 34.9 Å². The molecule has 3 atom stereocenters. The lowest BCUT2D eigenvalue weighted by Gasteiger charge is -2.27. The molecule has 27 heavy (non-hydrogen) atoms. The van der Waals surface area contributed by atoms with Gasteiger partial charge in [0.25, 0.3) is 0 Å². The van der Waals surface area contributed by atoms with E-state index in [4.69, 9.17) is 11.6 Å². The smallest absolute Gasteiger partial charge is 0.224 e. The van der Waals surface area contributed by atoms with Gasteiger partial charge >= 0.3 is 0 Å². The molecule has 0 unspecified atom stereocenters. The molecule has 6 nitrogen and oxygen atoms in total. The lowest BCUT2D eigenvalue weighted by Crippen LogP contribution is -2.39. The molecule has 3 N–H and O–H groups in total. The highest BCUT2D eigenvalue weighted by Gasteiger charge is 2.30. The zero-order valence-electron chi connectivity index (χ0n) is 15.9. The molecule has 2 amide bonds. The summed E-state index contributed by atoms with van der Waals surface area (Å²) < 4.78 is 0. The number of halogens is 1. The summed E-state index contributed by atoms with van der Waals surface area (Å²) in [5.74, 6) is -0.552. The van der Waals surface area contributed by atoms with Gasteiger partial charge in [-0.2, -0.15) is 0 Å². The fraction of sp³-hybridized carbons (Fsp3) is 0.550. The number of ketones is 1. The monoisotopic (exact) mass is 393 g/mol. The average Bonchev–Trinajstić information content (AvgIpc) is 3.12. The number of amides is 2. The van der Waals surface area contributed by atoms with E-state index in [0.717, 1.165) is 25.1 Å². The normalized spacial score (nSPS) is 18.6. The van der Waals surface area contributed by atoms with Crippen molar-refractivity contribution in [3.8, 4) is 0 Å². The Hall–Kier alpha value is -1.92. The Morgan fingerprint density at radius 1 is 1.30 bits per heavy atom. The third-order valence-electron chi connectivity index (χ3n) is 4.85. The molecule has 0 radical (unpaired) electrons. The van der Waals surface area contributed by atoms with Crippen molar-refractivity contribution in [1.29, 1.82) is 0 Å². The second-order valence-electron chi connectivity index (χ2n) is 7.17. The number of hydrogen-bond donors (Lipinski definition) is 3. The standard InChI is InChI=1S/C20H28ClN3O3/c1-13(25)10-16(7-9-23-14(2)26)20(27)24-19(17-6-8-22-12-17)15-4-3-5-18(21)11-15/h3-5,11,16-17,19,22H,6-10,12H2,1-2H3,(H,23,26)(H,24,27)/t16-,17+,19+/m0/s1. The summed E-state index contributed by atoms with van der Waals surface area (Å²) in [4.78, 5) is 35.7. The number of carbonyl (C=O) groups is 3. The van der Waals surface area contributed by atoms with Gasteiger partial charge in [-0.25, -0.2) is 0 Å². The van der Waals surface area contributed by atoms with Gasteiger partial charge in [-0.05, 0) is 49.9 Å². The van der Waals surface area contributed by atoms with Crippen molar-refractivity contribution in [2.24, 2.45) is 11.8 Å². The number of hydrogen-bond acceptors (Lipinski definition) is 4. The molecule has 0 saturated carbocycles. The van der Waals surface area contributed by atoms with Crippen LogP contribution in [0.15, 0.2) is 24.3 Å². The first-order valence-corrected chi connectivity index (χ1v) is 9.75. The van der Waals surface area contributed by atoms with E-state index in [1.807, 2.05) is 24.3 Å². The van der Waals surface area contributed by atoms with Crippen LogP contribution in [0.5, 0.6) is 0 Å². The second-order valence-corrected chi connectivity index (χ2v) is 7.61. The van der Waals surface area contributed by atoms with Gasteiger partial charge in [0.05, 0.1) is 6.04 Å². The first kappa shape index (κ1) is 21.4. The molecule has 1 saturated heterocycles. The first-order valence-electron chi connectivity index (χ1n) is 9.37. The van der Waals surface area contributed by atoms with Crippen LogP contribution in [0.2, 0.25) is 5.02 Å². The topological polar surface area (TPSA) is 87.3 Å². The summed E-state index contributed by atoms with van der Waals surface area (Å²) in [6, 6.07) is 7.36. The van der Waals surface area contributed by atoms with Crippen LogP contribution >= 0.6 is 11.6 Å². The van der Waals surface area contributed by atoms with Gasteiger partial charge in [0.1, 0.15) is 5.78 Å². The molecule has 148 valence electrons. The summed E-state index contributed by atoms with van der Waals surface area (Å²) >= 11 is 6.15. The van der Waals surface area contributed by atoms with E-state index in [-0.39, 0.29) is 36.0 Å². The predicted molar refractivity (Wildman–Crippen MR) is 105 cm³/mol. The SMILES string of the molecule is CC(=O)C[C@H](CCNC(C)=O)C(=O)N[C@H](c1cccc(Cl)c1)[C@@H]1CCNC1. The molecule has 1 aromatic rings. The maximum Gasteiger partial charge on any atom is 0.224 e. The fourth-order valence-corrected chi connectivity index (χ4v) is 3.70. The van der Waals surface area contributed by atoms with Crippen molar-refractivity contribution in [2.45, 2.75) is 39.2 Å². The number of nitrogens with one attached hydrogen (secondary N) is 3. The largest absolute Gasteiger partial charge is 0.356 e. The van der Waals surface area contributed by atoms with Gasteiger partial charge in [-0.15, -0.1) is 0 Å². The highest BCUT2D eigenvalue weighted by atomic mass is 35.5. The van der Waals surface area contributed by atoms with E-state index < -0.39 is 5.92 Å². The van der Waals surface area contributed by atoms with E-state index in [0.29, 0.717) is 18.0 Å². The van der Waals surface area contributed by atoms with Crippen LogP contribution in [0.1, 0.15) is 44.7 Å².